The molecule has 0 amide bonds. The Morgan fingerprint density at radius 2 is 2.07 bits per heavy atom. The van der Waals surface area contributed by atoms with E-state index in [-0.39, 0.29) is 24.8 Å². The van der Waals surface area contributed by atoms with Crippen molar-refractivity contribution in [2.45, 2.75) is 32.4 Å². The second-order valence-corrected chi connectivity index (χ2v) is 3.99. The van der Waals surface area contributed by atoms with Gasteiger partial charge in [0.1, 0.15) is 5.15 Å². The summed E-state index contributed by atoms with van der Waals surface area (Å²) in [7, 11) is 1.87. The van der Waals surface area contributed by atoms with Crippen molar-refractivity contribution in [3.8, 4) is 0 Å². The molecule has 1 N–H and O–H groups in total. The molecule has 1 fully saturated rings. The summed E-state index contributed by atoms with van der Waals surface area (Å²) in [5.41, 5.74) is 2.16. The Morgan fingerprint density at radius 3 is 2.47 bits per heavy atom. The van der Waals surface area contributed by atoms with Crippen molar-refractivity contribution in [3.05, 3.63) is 16.4 Å². The Kier molecular flexibility index (Phi) is 5.96. The standard InChI is InChI=1S/C9H14ClN3.2ClH/c1-6-8(5-11-7-3-4-7)9(10)13(2)12-6;;/h7,11H,3-5H2,1-2H3;2*1H. The molecule has 0 radical (unpaired) electrons. The fraction of sp³-hybridized carbons (Fsp3) is 0.667. The lowest BCUT2D eigenvalue weighted by molar-refractivity contribution is 0.685. The van der Waals surface area contributed by atoms with E-state index in [1.165, 1.54) is 12.8 Å². The molecule has 0 aromatic carbocycles. The number of aryl methyl sites for hydroxylation is 2. The molecule has 6 heteroatoms. The molecule has 2 rings (SSSR count). The van der Waals surface area contributed by atoms with E-state index in [0.717, 1.165) is 29.0 Å². The van der Waals surface area contributed by atoms with Gasteiger partial charge in [-0.15, -0.1) is 24.8 Å². The first kappa shape index (κ1) is 15.0. The molecular formula is C9H16Cl3N3. The number of aromatic nitrogens is 2. The van der Waals surface area contributed by atoms with Crippen LogP contribution >= 0.6 is 36.4 Å². The zero-order valence-corrected chi connectivity index (χ0v) is 11.2. The topological polar surface area (TPSA) is 29.9 Å². The van der Waals surface area contributed by atoms with Gasteiger partial charge >= 0.3 is 0 Å². The van der Waals surface area contributed by atoms with E-state index in [0.29, 0.717) is 0 Å². The number of rotatable bonds is 3. The highest BCUT2D eigenvalue weighted by Crippen LogP contribution is 2.22. The van der Waals surface area contributed by atoms with Gasteiger partial charge in [-0.25, -0.2) is 0 Å². The number of hydrogen-bond donors (Lipinski definition) is 1. The van der Waals surface area contributed by atoms with Gasteiger partial charge in [0.25, 0.3) is 0 Å². The third-order valence-electron chi connectivity index (χ3n) is 2.41. The van der Waals surface area contributed by atoms with Crippen LogP contribution in [0.1, 0.15) is 24.1 Å². The zero-order valence-electron chi connectivity index (χ0n) is 8.79. The summed E-state index contributed by atoms with van der Waals surface area (Å²) < 4.78 is 1.72. The van der Waals surface area contributed by atoms with Crippen molar-refractivity contribution in [1.82, 2.24) is 15.1 Å². The molecule has 0 aliphatic heterocycles. The van der Waals surface area contributed by atoms with Crippen LogP contribution in [0.25, 0.3) is 0 Å². The lowest BCUT2D eigenvalue weighted by atomic mass is 10.2. The number of halogens is 3. The molecule has 0 bridgehead atoms. The molecule has 3 nitrogen and oxygen atoms in total. The average Bonchev–Trinajstić information content (AvgIpc) is 2.84. The van der Waals surface area contributed by atoms with Crippen LogP contribution in [-0.2, 0) is 13.6 Å². The van der Waals surface area contributed by atoms with E-state index in [1.54, 1.807) is 4.68 Å². The molecule has 0 spiro atoms. The molecule has 1 aliphatic rings. The van der Waals surface area contributed by atoms with Crippen LogP contribution in [0.5, 0.6) is 0 Å². The maximum Gasteiger partial charge on any atom is 0.131 e. The minimum atomic E-state index is 0. The van der Waals surface area contributed by atoms with Crippen LogP contribution in [0.3, 0.4) is 0 Å². The first-order chi connectivity index (χ1) is 6.18. The number of nitrogens with zero attached hydrogens (tertiary/aromatic N) is 2. The molecule has 1 heterocycles. The average molecular weight is 273 g/mol. The van der Waals surface area contributed by atoms with Crippen molar-refractivity contribution in [1.29, 1.82) is 0 Å². The zero-order chi connectivity index (χ0) is 9.42. The molecule has 1 aromatic heterocycles. The van der Waals surface area contributed by atoms with E-state index in [9.17, 15) is 0 Å². The molecule has 0 atom stereocenters. The smallest absolute Gasteiger partial charge is 0.131 e. The maximum absolute atomic E-state index is 6.08. The van der Waals surface area contributed by atoms with Crippen molar-refractivity contribution in [3.63, 3.8) is 0 Å². The minimum Gasteiger partial charge on any atom is -0.310 e. The van der Waals surface area contributed by atoms with Crippen LogP contribution in [0.2, 0.25) is 5.15 Å². The van der Waals surface area contributed by atoms with Crippen molar-refractivity contribution < 1.29 is 0 Å². The van der Waals surface area contributed by atoms with Crippen LogP contribution in [0.4, 0.5) is 0 Å². The monoisotopic (exact) mass is 271 g/mol. The van der Waals surface area contributed by atoms with Gasteiger partial charge in [0.05, 0.1) is 5.69 Å². The van der Waals surface area contributed by atoms with Gasteiger partial charge < -0.3 is 5.32 Å². The first-order valence-corrected chi connectivity index (χ1v) is 4.97. The maximum atomic E-state index is 6.08. The molecule has 15 heavy (non-hydrogen) atoms. The molecule has 0 saturated heterocycles. The van der Waals surface area contributed by atoms with Gasteiger partial charge in [0.2, 0.25) is 0 Å². The van der Waals surface area contributed by atoms with Crippen molar-refractivity contribution in [2.75, 3.05) is 0 Å². The molecule has 1 saturated carbocycles. The molecular weight excluding hydrogens is 256 g/mol. The first-order valence-electron chi connectivity index (χ1n) is 4.60. The Bertz CT molecular complexity index is 321. The van der Waals surface area contributed by atoms with E-state index >= 15 is 0 Å². The summed E-state index contributed by atoms with van der Waals surface area (Å²) in [6, 6.07) is 0.718. The highest BCUT2D eigenvalue weighted by molar-refractivity contribution is 6.30. The van der Waals surface area contributed by atoms with Crippen molar-refractivity contribution in [2.24, 2.45) is 7.05 Å². The van der Waals surface area contributed by atoms with Gasteiger partial charge in [-0.1, -0.05) is 11.6 Å². The second-order valence-electron chi connectivity index (χ2n) is 3.63. The summed E-state index contributed by atoms with van der Waals surface area (Å²) in [6.45, 7) is 2.85. The Balaban J connectivity index is 0.000000980. The predicted octanol–water partition coefficient (Wildman–Crippen LogP) is 2.48. The Morgan fingerprint density at radius 1 is 1.47 bits per heavy atom. The lowest BCUT2D eigenvalue weighted by Crippen LogP contribution is -2.15. The summed E-state index contributed by atoms with van der Waals surface area (Å²) in [5, 5.41) is 8.44. The largest absolute Gasteiger partial charge is 0.310 e. The highest BCUT2D eigenvalue weighted by atomic mass is 35.5. The fourth-order valence-electron chi connectivity index (χ4n) is 1.41. The molecule has 88 valence electrons. The quantitative estimate of drug-likeness (QED) is 0.916. The summed E-state index contributed by atoms with van der Waals surface area (Å²) in [5.74, 6) is 0. The third kappa shape index (κ3) is 3.52. The van der Waals surface area contributed by atoms with Gasteiger partial charge in [-0.3, -0.25) is 4.68 Å². The van der Waals surface area contributed by atoms with Crippen LogP contribution in [0, 0.1) is 6.92 Å². The van der Waals surface area contributed by atoms with E-state index in [2.05, 4.69) is 10.4 Å². The SMILES string of the molecule is Cc1nn(C)c(Cl)c1CNC1CC1.Cl.Cl. The van der Waals surface area contributed by atoms with E-state index in [1.807, 2.05) is 14.0 Å². The third-order valence-corrected chi connectivity index (χ3v) is 2.89. The number of hydrogen-bond acceptors (Lipinski definition) is 2. The highest BCUT2D eigenvalue weighted by Gasteiger charge is 2.21. The predicted molar refractivity (Wildman–Crippen MR) is 67.3 cm³/mol. The summed E-state index contributed by atoms with van der Waals surface area (Å²) in [4.78, 5) is 0. The lowest BCUT2D eigenvalue weighted by Gasteiger charge is -2.01. The minimum absolute atomic E-state index is 0. The molecule has 1 aliphatic carbocycles. The van der Waals surface area contributed by atoms with Gasteiger partial charge in [-0.05, 0) is 19.8 Å². The Labute approximate surface area is 107 Å². The second kappa shape index (κ2) is 5.94. The molecule has 0 unspecified atom stereocenters. The van der Waals surface area contributed by atoms with Gasteiger partial charge in [0, 0.05) is 25.2 Å². The summed E-state index contributed by atoms with van der Waals surface area (Å²) >= 11 is 6.08. The Hall–Kier alpha value is 0.0400. The van der Waals surface area contributed by atoms with E-state index < -0.39 is 0 Å². The normalized spacial score (nSPS) is 14.3. The van der Waals surface area contributed by atoms with E-state index in [4.69, 9.17) is 11.6 Å². The molecule has 1 aromatic rings. The van der Waals surface area contributed by atoms with Crippen LogP contribution in [0.15, 0.2) is 0 Å². The summed E-state index contributed by atoms with van der Waals surface area (Å²) in [6.07, 6.45) is 2.61. The van der Waals surface area contributed by atoms with Crippen LogP contribution in [-0.4, -0.2) is 15.8 Å². The number of nitrogens with one attached hydrogen (secondary N) is 1. The van der Waals surface area contributed by atoms with Gasteiger partial charge in [-0.2, -0.15) is 5.10 Å². The van der Waals surface area contributed by atoms with Gasteiger partial charge in [0.15, 0.2) is 0 Å². The fourth-order valence-corrected chi connectivity index (χ4v) is 1.65. The van der Waals surface area contributed by atoms with Crippen molar-refractivity contribution >= 4 is 36.4 Å². The van der Waals surface area contributed by atoms with Crippen LogP contribution < -0.4 is 5.32 Å².